The van der Waals surface area contributed by atoms with E-state index in [1.54, 1.807) is 12.1 Å². The fraction of sp³-hybridized carbons (Fsp3) is 0.455. The molecule has 0 saturated heterocycles. The fourth-order valence-electron chi connectivity index (χ4n) is 1.05. The Morgan fingerprint density at radius 3 is 2.53 bits per heavy atom. The molecule has 0 aliphatic rings. The third-order valence-electron chi connectivity index (χ3n) is 1.81. The van der Waals surface area contributed by atoms with Gasteiger partial charge in [-0.2, -0.15) is 0 Å². The van der Waals surface area contributed by atoms with Crippen LogP contribution in [-0.4, -0.2) is 25.9 Å². The monoisotopic (exact) mass is 229 g/mol. The van der Waals surface area contributed by atoms with E-state index < -0.39 is 0 Å². The summed E-state index contributed by atoms with van der Waals surface area (Å²) in [6.45, 7) is 3.58. The van der Waals surface area contributed by atoms with E-state index in [-0.39, 0.29) is 6.04 Å². The van der Waals surface area contributed by atoms with Crippen molar-refractivity contribution >= 4 is 11.6 Å². The highest BCUT2D eigenvalue weighted by Crippen LogP contribution is 2.15. The van der Waals surface area contributed by atoms with E-state index in [2.05, 4.69) is 0 Å². The van der Waals surface area contributed by atoms with E-state index in [4.69, 9.17) is 26.8 Å². The van der Waals surface area contributed by atoms with E-state index in [1.807, 2.05) is 19.1 Å². The number of hydrogen-bond acceptors (Lipinski definition) is 3. The van der Waals surface area contributed by atoms with Crippen LogP contribution >= 0.6 is 11.6 Å². The predicted molar refractivity (Wildman–Crippen MR) is 61.4 cm³/mol. The molecule has 0 fully saturated rings. The summed E-state index contributed by atoms with van der Waals surface area (Å²) >= 11 is 5.74. The molecule has 0 saturated carbocycles. The molecule has 1 atom stereocenters. The van der Waals surface area contributed by atoms with Crippen molar-refractivity contribution in [1.82, 2.24) is 0 Å². The fourth-order valence-corrected chi connectivity index (χ4v) is 1.18. The highest BCUT2D eigenvalue weighted by Gasteiger charge is 2.03. The summed E-state index contributed by atoms with van der Waals surface area (Å²) in [5, 5.41) is 0.695. The summed E-state index contributed by atoms with van der Waals surface area (Å²) in [7, 11) is 0. The molecule has 1 aromatic carbocycles. The Morgan fingerprint density at radius 1 is 1.27 bits per heavy atom. The molecule has 0 heterocycles. The second-order valence-corrected chi connectivity index (χ2v) is 3.62. The van der Waals surface area contributed by atoms with Crippen molar-refractivity contribution in [2.75, 3.05) is 19.8 Å². The molecular formula is C11H16ClNO2. The van der Waals surface area contributed by atoms with E-state index in [1.165, 1.54) is 0 Å². The molecule has 0 spiro atoms. The zero-order valence-electron chi connectivity index (χ0n) is 8.78. The smallest absolute Gasteiger partial charge is 0.119 e. The van der Waals surface area contributed by atoms with Crippen molar-refractivity contribution in [3.05, 3.63) is 29.3 Å². The van der Waals surface area contributed by atoms with Gasteiger partial charge in [0.15, 0.2) is 0 Å². The zero-order valence-corrected chi connectivity index (χ0v) is 9.54. The van der Waals surface area contributed by atoms with Crippen LogP contribution in [0.25, 0.3) is 0 Å². The van der Waals surface area contributed by atoms with Crippen molar-refractivity contribution in [3.63, 3.8) is 0 Å². The summed E-state index contributed by atoms with van der Waals surface area (Å²) in [5.41, 5.74) is 5.76. The van der Waals surface area contributed by atoms with Crippen molar-refractivity contribution in [2.24, 2.45) is 5.73 Å². The van der Waals surface area contributed by atoms with Crippen LogP contribution in [0.4, 0.5) is 0 Å². The highest BCUT2D eigenvalue weighted by molar-refractivity contribution is 6.30. The molecule has 1 rings (SSSR count). The maximum atomic E-state index is 5.76. The maximum absolute atomic E-state index is 5.76. The van der Waals surface area contributed by atoms with Crippen molar-refractivity contribution in [1.29, 1.82) is 0 Å². The molecule has 3 nitrogen and oxygen atoms in total. The Kier molecular flexibility index (Phi) is 5.47. The average molecular weight is 230 g/mol. The lowest BCUT2D eigenvalue weighted by atomic mass is 10.3. The van der Waals surface area contributed by atoms with Gasteiger partial charge in [0, 0.05) is 11.6 Å². The lowest BCUT2D eigenvalue weighted by Crippen LogP contribution is -2.32. The van der Waals surface area contributed by atoms with Crippen LogP contribution in [0.2, 0.25) is 5.02 Å². The first-order valence-corrected chi connectivity index (χ1v) is 5.32. The van der Waals surface area contributed by atoms with Gasteiger partial charge in [0.05, 0.1) is 12.6 Å². The van der Waals surface area contributed by atoms with E-state index in [9.17, 15) is 0 Å². The van der Waals surface area contributed by atoms with E-state index >= 15 is 0 Å². The van der Waals surface area contributed by atoms with E-state index in [0.29, 0.717) is 24.8 Å². The van der Waals surface area contributed by atoms with Crippen molar-refractivity contribution in [2.45, 2.75) is 13.0 Å². The first kappa shape index (κ1) is 12.3. The summed E-state index contributed by atoms with van der Waals surface area (Å²) in [6, 6.07) is 7.10. The molecule has 2 N–H and O–H groups in total. The molecule has 1 unspecified atom stereocenters. The number of hydrogen-bond donors (Lipinski definition) is 1. The van der Waals surface area contributed by atoms with Gasteiger partial charge in [-0.1, -0.05) is 11.6 Å². The summed E-state index contributed by atoms with van der Waals surface area (Å²) in [6.07, 6.45) is 0. The summed E-state index contributed by atoms with van der Waals surface area (Å²) in [5.74, 6) is 0.770. The molecule has 1 aromatic rings. The van der Waals surface area contributed by atoms with Crippen LogP contribution in [0.1, 0.15) is 6.92 Å². The second-order valence-electron chi connectivity index (χ2n) is 3.18. The minimum absolute atomic E-state index is 0.0966. The minimum atomic E-state index is -0.0966. The third-order valence-corrected chi connectivity index (χ3v) is 2.07. The van der Waals surface area contributed by atoms with Crippen molar-refractivity contribution in [3.8, 4) is 5.75 Å². The lowest BCUT2D eigenvalue weighted by Gasteiger charge is -2.12. The number of rotatable bonds is 6. The van der Waals surface area contributed by atoms with Gasteiger partial charge in [-0.05, 0) is 31.2 Å². The van der Waals surface area contributed by atoms with Gasteiger partial charge in [0.2, 0.25) is 0 Å². The Balaban J connectivity index is 2.27. The Labute approximate surface area is 95.1 Å². The normalized spacial score (nSPS) is 12.5. The SMILES string of the molecule is CCOCC(N)COc1ccc(Cl)cc1. The summed E-state index contributed by atoms with van der Waals surface area (Å²) < 4.78 is 10.6. The molecule has 0 aliphatic carbocycles. The quantitative estimate of drug-likeness (QED) is 0.813. The van der Waals surface area contributed by atoms with Gasteiger partial charge in [0.1, 0.15) is 12.4 Å². The standard InChI is InChI=1S/C11H16ClNO2/c1-2-14-7-10(13)8-15-11-5-3-9(12)4-6-11/h3-6,10H,2,7-8,13H2,1H3. The van der Waals surface area contributed by atoms with Gasteiger partial charge < -0.3 is 15.2 Å². The third kappa shape index (κ3) is 5.02. The van der Waals surface area contributed by atoms with Gasteiger partial charge in [-0.3, -0.25) is 0 Å². The molecular weight excluding hydrogens is 214 g/mol. The largest absolute Gasteiger partial charge is 0.492 e. The molecule has 84 valence electrons. The van der Waals surface area contributed by atoms with Gasteiger partial charge in [-0.25, -0.2) is 0 Å². The van der Waals surface area contributed by atoms with Gasteiger partial charge in [-0.15, -0.1) is 0 Å². The van der Waals surface area contributed by atoms with Crippen LogP contribution < -0.4 is 10.5 Å². The molecule has 0 amide bonds. The van der Waals surface area contributed by atoms with Gasteiger partial charge in [0.25, 0.3) is 0 Å². The lowest BCUT2D eigenvalue weighted by molar-refractivity contribution is 0.115. The second kappa shape index (κ2) is 6.67. The topological polar surface area (TPSA) is 44.5 Å². The van der Waals surface area contributed by atoms with Crippen LogP contribution in [-0.2, 0) is 4.74 Å². The number of ether oxygens (including phenoxy) is 2. The number of halogens is 1. The predicted octanol–water partition coefficient (Wildman–Crippen LogP) is 2.08. The number of nitrogens with two attached hydrogens (primary N) is 1. The Morgan fingerprint density at radius 2 is 1.93 bits per heavy atom. The van der Waals surface area contributed by atoms with E-state index in [0.717, 1.165) is 5.75 Å². The molecule has 0 radical (unpaired) electrons. The van der Waals surface area contributed by atoms with Crippen LogP contribution in [0.5, 0.6) is 5.75 Å². The highest BCUT2D eigenvalue weighted by atomic mass is 35.5. The molecule has 4 heteroatoms. The Hall–Kier alpha value is -0.770. The molecule has 0 bridgehead atoms. The van der Waals surface area contributed by atoms with Crippen LogP contribution in [0.3, 0.4) is 0 Å². The molecule has 0 aromatic heterocycles. The molecule has 15 heavy (non-hydrogen) atoms. The molecule has 0 aliphatic heterocycles. The first-order valence-electron chi connectivity index (χ1n) is 4.94. The number of benzene rings is 1. The van der Waals surface area contributed by atoms with Crippen LogP contribution in [0.15, 0.2) is 24.3 Å². The maximum Gasteiger partial charge on any atom is 0.119 e. The summed E-state index contributed by atoms with van der Waals surface area (Å²) in [4.78, 5) is 0. The van der Waals surface area contributed by atoms with Crippen molar-refractivity contribution < 1.29 is 9.47 Å². The minimum Gasteiger partial charge on any atom is -0.492 e. The average Bonchev–Trinajstić information content (AvgIpc) is 2.25. The van der Waals surface area contributed by atoms with Gasteiger partial charge >= 0.3 is 0 Å². The Bertz CT molecular complexity index is 276. The first-order chi connectivity index (χ1) is 7.22. The zero-order chi connectivity index (χ0) is 11.1. The van der Waals surface area contributed by atoms with Crippen LogP contribution in [0, 0.1) is 0 Å².